The van der Waals surface area contributed by atoms with Gasteiger partial charge < -0.3 is 20.1 Å². The van der Waals surface area contributed by atoms with Gasteiger partial charge in [0.2, 0.25) is 5.95 Å². The third kappa shape index (κ3) is 4.41. The lowest BCUT2D eigenvalue weighted by Gasteiger charge is -2.08. The third-order valence-corrected chi connectivity index (χ3v) is 4.50. The summed E-state index contributed by atoms with van der Waals surface area (Å²) < 4.78 is 24.4. The van der Waals surface area contributed by atoms with Crippen LogP contribution in [0.1, 0.15) is 10.5 Å². The normalized spacial score (nSPS) is 10.7. The van der Waals surface area contributed by atoms with Crippen molar-refractivity contribution in [2.24, 2.45) is 0 Å². The van der Waals surface area contributed by atoms with Gasteiger partial charge in [0, 0.05) is 30.1 Å². The first-order chi connectivity index (χ1) is 15.6. The highest BCUT2D eigenvalue weighted by atomic mass is 19.1. The minimum absolute atomic E-state index is 0.0654. The number of rotatable bonds is 8. The van der Waals surface area contributed by atoms with Crippen molar-refractivity contribution in [3.8, 4) is 22.8 Å². The molecule has 0 unspecified atom stereocenters. The van der Waals surface area contributed by atoms with Gasteiger partial charge in [0.05, 0.1) is 14.2 Å². The summed E-state index contributed by atoms with van der Waals surface area (Å²) in [5.74, 6) is 1.16. The Hall–Kier alpha value is -4.28. The van der Waals surface area contributed by atoms with Crippen LogP contribution in [0.5, 0.6) is 11.6 Å². The Morgan fingerprint density at radius 1 is 1.12 bits per heavy atom. The van der Waals surface area contributed by atoms with E-state index in [2.05, 4.69) is 30.7 Å². The SMILES string of the molecule is COc1cc(-c2ccc3nc(Nc4cccc(C(=O)NCCF)n4)nn3c2)cnc1OC. The fourth-order valence-electron chi connectivity index (χ4n) is 2.99. The van der Waals surface area contributed by atoms with E-state index in [4.69, 9.17) is 9.47 Å². The molecule has 0 fully saturated rings. The van der Waals surface area contributed by atoms with Crippen LogP contribution < -0.4 is 20.1 Å². The zero-order valence-electron chi connectivity index (χ0n) is 17.4. The quantitative estimate of drug-likeness (QED) is 0.432. The summed E-state index contributed by atoms with van der Waals surface area (Å²) in [6.45, 7) is -0.708. The summed E-state index contributed by atoms with van der Waals surface area (Å²) in [7, 11) is 3.08. The highest BCUT2D eigenvalue weighted by Gasteiger charge is 2.12. The molecule has 4 aromatic heterocycles. The van der Waals surface area contributed by atoms with Gasteiger partial charge in [0.1, 0.15) is 18.2 Å². The number of amides is 1. The number of methoxy groups -OCH3 is 2. The molecule has 0 aliphatic rings. The second kappa shape index (κ2) is 9.25. The number of aromatic nitrogens is 5. The first kappa shape index (κ1) is 21.0. The summed E-state index contributed by atoms with van der Waals surface area (Å²) in [5, 5.41) is 9.84. The second-order valence-electron chi connectivity index (χ2n) is 6.57. The van der Waals surface area contributed by atoms with E-state index >= 15 is 0 Å². The summed E-state index contributed by atoms with van der Waals surface area (Å²) >= 11 is 0. The number of nitrogens with one attached hydrogen (secondary N) is 2. The van der Waals surface area contributed by atoms with Gasteiger partial charge in [-0.15, -0.1) is 5.10 Å². The summed E-state index contributed by atoms with van der Waals surface area (Å²) in [6.07, 6.45) is 3.49. The number of carbonyl (C=O) groups excluding carboxylic acids is 1. The van der Waals surface area contributed by atoms with Crippen molar-refractivity contribution in [2.45, 2.75) is 0 Å². The van der Waals surface area contributed by atoms with E-state index < -0.39 is 12.6 Å². The topological polar surface area (TPSA) is 116 Å². The molecule has 0 atom stereocenters. The lowest BCUT2D eigenvalue weighted by atomic mass is 10.1. The second-order valence-corrected chi connectivity index (χ2v) is 6.57. The van der Waals surface area contributed by atoms with Crippen LogP contribution in [0.2, 0.25) is 0 Å². The van der Waals surface area contributed by atoms with E-state index in [0.29, 0.717) is 29.0 Å². The highest BCUT2D eigenvalue weighted by molar-refractivity contribution is 5.92. The van der Waals surface area contributed by atoms with Crippen LogP contribution in [-0.4, -0.2) is 57.9 Å². The van der Waals surface area contributed by atoms with Crippen LogP contribution in [0.15, 0.2) is 48.8 Å². The van der Waals surface area contributed by atoms with Crippen LogP contribution in [0, 0.1) is 0 Å². The molecule has 0 bridgehead atoms. The van der Waals surface area contributed by atoms with Crippen molar-refractivity contribution >= 4 is 23.3 Å². The summed E-state index contributed by atoms with van der Waals surface area (Å²) in [6, 6.07) is 10.4. The lowest BCUT2D eigenvalue weighted by molar-refractivity contribution is 0.0946. The molecule has 0 aliphatic carbocycles. The zero-order chi connectivity index (χ0) is 22.5. The molecule has 0 aromatic carbocycles. The van der Waals surface area contributed by atoms with Crippen molar-refractivity contribution in [1.82, 2.24) is 29.9 Å². The van der Waals surface area contributed by atoms with Crippen molar-refractivity contribution in [3.63, 3.8) is 0 Å². The first-order valence-electron chi connectivity index (χ1n) is 9.64. The Labute approximate surface area is 182 Å². The predicted octanol–water partition coefficient (Wildman–Crippen LogP) is 2.65. The van der Waals surface area contributed by atoms with Gasteiger partial charge in [0.15, 0.2) is 11.4 Å². The molecule has 0 saturated heterocycles. The van der Waals surface area contributed by atoms with E-state index in [1.807, 2.05) is 24.4 Å². The number of alkyl halides is 1. The summed E-state index contributed by atoms with van der Waals surface area (Å²) in [5.41, 5.74) is 2.45. The molecular formula is C21H20FN7O3. The molecule has 0 spiro atoms. The third-order valence-electron chi connectivity index (χ3n) is 4.50. The molecule has 1 amide bonds. The predicted molar refractivity (Wildman–Crippen MR) is 115 cm³/mol. The Balaban J connectivity index is 1.57. The molecule has 0 aliphatic heterocycles. The van der Waals surface area contributed by atoms with Gasteiger partial charge in [-0.2, -0.15) is 4.98 Å². The fourth-order valence-corrected chi connectivity index (χ4v) is 2.99. The number of anilines is 2. The number of hydrogen-bond acceptors (Lipinski definition) is 8. The minimum atomic E-state index is -0.643. The Morgan fingerprint density at radius 2 is 2.00 bits per heavy atom. The van der Waals surface area contributed by atoms with Gasteiger partial charge in [0.25, 0.3) is 11.8 Å². The maximum absolute atomic E-state index is 12.3. The molecule has 4 rings (SSSR count). The maximum atomic E-state index is 12.3. The van der Waals surface area contributed by atoms with Gasteiger partial charge in [-0.25, -0.2) is 18.9 Å². The lowest BCUT2D eigenvalue weighted by Crippen LogP contribution is -2.26. The molecule has 4 heterocycles. The fraction of sp³-hybridized carbons (Fsp3) is 0.190. The Bertz CT molecular complexity index is 1260. The van der Waals surface area contributed by atoms with E-state index in [9.17, 15) is 9.18 Å². The van der Waals surface area contributed by atoms with Gasteiger partial charge in [-0.05, 0) is 30.3 Å². The molecule has 4 aromatic rings. The highest BCUT2D eigenvalue weighted by Crippen LogP contribution is 2.30. The largest absolute Gasteiger partial charge is 0.491 e. The standard InChI is InChI=1S/C21H20FN7O3/c1-31-16-10-14(11-24-20(16)32-2)13-6-7-18-27-21(28-29(18)12-13)26-17-5-3-4-15(25-17)19(30)23-9-8-22/h3-7,10-12H,8-9H2,1-2H3,(H,23,30)(H,25,26,28). The average Bonchev–Trinajstić information content (AvgIpc) is 3.23. The summed E-state index contributed by atoms with van der Waals surface area (Å²) in [4.78, 5) is 24.9. The van der Waals surface area contributed by atoms with Crippen molar-refractivity contribution in [1.29, 1.82) is 0 Å². The van der Waals surface area contributed by atoms with Gasteiger partial charge in [-0.3, -0.25) is 4.79 Å². The van der Waals surface area contributed by atoms with Crippen LogP contribution in [0.4, 0.5) is 16.2 Å². The number of nitrogens with zero attached hydrogens (tertiary/aromatic N) is 5. The molecule has 0 radical (unpaired) electrons. The zero-order valence-corrected chi connectivity index (χ0v) is 17.4. The number of pyridine rings is 3. The molecule has 0 saturated carbocycles. The number of ether oxygens (including phenoxy) is 2. The number of halogens is 1. The Morgan fingerprint density at radius 3 is 2.78 bits per heavy atom. The van der Waals surface area contributed by atoms with E-state index in [1.165, 1.54) is 7.11 Å². The van der Waals surface area contributed by atoms with Crippen LogP contribution >= 0.6 is 0 Å². The number of hydrogen-bond donors (Lipinski definition) is 2. The monoisotopic (exact) mass is 437 g/mol. The average molecular weight is 437 g/mol. The van der Waals surface area contributed by atoms with E-state index in [-0.39, 0.29) is 12.2 Å². The molecule has 10 nitrogen and oxygen atoms in total. The molecule has 32 heavy (non-hydrogen) atoms. The van der Waals surface area contributed by atoms with E-state index in [0.717, 1.165) is 11.1 Å². The molecular weight excluding hydrogens is 417 g/mol. The van der Waals surface area contributed by atoms with E-state index in [1.54, 1.807) is 36.0 Å². The smallest absolute Gasteiger partial charge is 0.270 e. The van der Waals surface area contributed by atoms with Crippen molar-refractivity contribution < 1.29 is 18.7 Å². The van der Waals surface area contributed by atoms with Crippen molar-refractivity contribution in [2.75, 3.05) is 32.8 Å². The maximum Gasteiger partial charge on any atom is 0.270 e. The molecule has 2 N–H and O–H groups in total. The number of carbonyl (C=O) groups is 1. The van der Waals surface area contributed by atoms with Gasteiger partial charge >= 0.3 is 0 Å². The van der Waals surface area contributed by atoms with Crippen LogP contribution in [-0.2, 0) is 0 Å². The van der Waals surface area contributed by atoms with Crippen LogP contribution in [0.3, 0.4) is 0 Å². The van der Waals surface area contributed by atoms with Crippen molar-refractivity contribution in [3.05, 3.63) is 54.5 Å². The van der Waals surface area contributed by atoms with Crippen LogP contribution in [0.25, 0.3) is 16.8 Å². The first-order valence-corrected chi connectivity index (χ1v) is 9.64. The molecule has 11 heteroatoms. The Kier molecular flexibility index (Phi) is 6.06. The minimum Gasteiger partial charge on any atom is -0.491 e. The number of fused-ring (bicyclic) bond motifs is 1. The van der Waals surface area contributed by atoms with Gasteiger partial charge in [-0.1, -0.05) is 6.07 Å². The molecule has 164 valence electrons.